The normalized spacial score (nSPS) is 17.8. The van der Waals surface area contributed by atoms with Crippen LogP contribution in [0.1, 0.15) is 38.3 Å². The number of ether oxygens (including phenoxy) is 1. The summed E-state index contributed by atoms with van der Waals surface area (Å²) in [6.45, 7) is 4.46. The predicted molar refractivity (Wildman–Crippen MR) is 82.1 cm³/mol. The SMILES string of the molecule is COc1cccc(CNC(=O)[C@H](C)N2CCCCCC2)n1. The standard InChI is InChI=1S/C16H25N3O2/c1-13(19-10-5-3-4-6-11-19)16(20)17-12-14-8-7-9-15(18-14)21-2/h7-9,13H,3-6,10-12H2,1-2H3,(H,17,20)/t13-/m0/s1. The average Bonchev–Trinajstić information content (AvgIpc) is 2.81. The van der Waals surface area contributed by atoms with Crippen LogP contribution in [0.4, 0.5) is 0 Å². The van der Waals surface area contributed by atoms with E-state index >= 15 is 0 Å². The van der Waals surface area contributed by atoms with Gasteiger partial charge in [0.1, 0.15) is 0 Å². The van der Waals surface area contributed by atoms with Gasteiger partial charge in [-0.15, -0.1) is 0 Å². The number of nitrogens with zero attached hydrogens (tertiary/aromatic N) is 2. The first-order valence-electron chi connectivity index (χ1n) is 7.72. The third-order valence-corrected chi connectivity index (χ3v) is 4.00. The van der Waals surface area contributed by atoms with Crippen LogP contribution in [-0.4, -0.2) is 42.0 Å². The summed E-state index contributed by atoms with van der Waals surface area (Å²) in [6.07, 6.45) is 4.93. The zero-order chi connectivity index (χ0) is 15.1. The Balaban J connectivity index is 1.85. The molecule has 0 radical (unpaired) electrons. The Bertz CT molecular complexity index is 457. The molecular weight excluding hydrogens is 266 g/mol. The van der Waals surface area contributed by atoms with Gasteiger partial charge in [0, 0.05) is 6.07 Å². The highest BCUT2D eigenvalue weighted by Crippen LogP contribution is 2.13. The van der Waals surface area contributed by atoms with Crippen LogP contribution in [0, 0.1) is 0 Å². The molecule has 21 heavy (non-hydrogen) atoms. The number of carbonyl (C=O) groups is 1. The maximum Gasteiger partial charge on any atom is 0.237 e. The van der Waals surface area contributed by atoms with Crippen LogP contribution < -0.4 is 10.1 Å². The lowest BCUT2D eigenvalue weighted by Gasteiger charge is -2.26. The zero-order valence-corrected chi connectivity index (χ0v) is 13.0. The summed E-state index contributed by atoms with van der Waals surface area (Å²) >= 11 is 0. The van der Waals surface area contributed by atoms with Gasteiger partial charge in [-0.3, -0.25) is 9.69 Å². The molecule has 2 rings (SSSR count). The van der Waals surface area contributed by atoms with E-state index in [0.717, 1.165) is 18.8 Å². The van der Waals surface area contributed by atoms with E-state index in [4.69, 9.17) is 4.74 Å². The molecule has 2 heterocycles. The molecule has 1 N–H and O–H groups in total. The minimum absolute atomic E-state index is 0.0709. The second-order valence-electron chi connectivity index (χ2n) is 5.52. The number of pyridine rings is 1. The largest absolute Gasteiger partial charge is 0.481 e. The lowest BCUT2D eigenvalue weighted by atomic mass is 10.2. The molecule has 1 aliphatic rings. The number of likely N-dealkylation sites (tertiary alicyclic amines) is 1. The van der Waals surface area contributed by atoms with Crippen molar-refractivity contribution >= 4 is 5.91 Å². The lowest BCUT2D eigenvalue weighted by Crippen LogP contribution is -2.45. The fourth-order valence-electron chi connectivity index (χ4n) is 2.64. The number of hydrogen-bond acceptors (Lipinski definition) is 4. The maximum atomic E-state index is 12.3. The molecule has 1 aromatic heterocycles. The molecule has 0 bridgehead atoms. The number of carbonyl (C=O) groups excluding carboxylic acids is 1. The molecule has 0 unspecified atom stereocenters. The molecule has 5 heteroatoms. The van der Waals surface area contributed by atoms with Gasteiger partial charge < -0.3 is 10.1 Å². The summed E-state index contributed by atoms with van der Waals surface area (Å²) in [7, 11) is 1.59. The van der Waals surface area contributed by atoms with E-state index in [1.54, 1.807) is 13.2 Å². The van der Waals surface area contributed by atoms with Crippen LogP contribution in [0.3, 0.4) is 0 Å². The van der Waals surface area contributed by atoms with E-state index in [1.165, 1.54) is 25.7 Å². The number of amides is 1. The predicted octanol–water partition coefficient (Wildman–Crippen LogP) is 1.97. The zero-order valence-electron chi connectivity index (χ0n) is 13.0. The van der Waals surface area contributed by atoms with Crippen molar-refractivity contribution in [3.05, 3.63) is 23.9 Å². The molecule has 1 amide bonds. The molecular formula is C16H25N3O2. The van der Waals surface area contributed by atoms with Crippen molar-refractivity contribution in [3.63, 3.8) is 0 Å². The van der Waals surface area contributed by atoms with E-state index < -0.39 is 0 Å². The van der Waals surface area contributed by atoms with Gasteiger partial charge in [0.25, 0.3) is 0 Å². The van der Waals surface area contributed by atoms with Crippen LogP contribution >= 0.6 is 0 Å². The fourth-order valence-corrected chi connectivity index (χ4v) is 2.64. The number of aromatic nitrogens is 1. The Labute approximate surface area is 126 Å². The highest BCUT2D eigenvalue weighted by molar-refractivity contribution is 5.81. The molecule has 0 aromatic carbocycles. The molecule has 0 saturated carbocycles. The van der Waals surface area contributed by atoms with Crippen molar-refractivity contribution in [3.8, 4) is 5.88 Å². The molecule has 116 valence electrons. The van der Waals surface area contributed by atoms with Gasteiger partial charge in [0.15, 0.2) is 0 Å². The Hall–Kier alpha value is -1.62. The molecule has 0 aliphatic carbocycles. The van der Waals surface area contributed by atoms with Crippen LogP contribution in [-0.2, 0) is 11.3 Å². The number of rotatable bonds is 5. The van der Waals surface area contributed by atoms with Crippen molar-refractivity contribution in [2.24, 2.45) is 0 Å². The minimum atomic E-state index is -0.0753. The van der Waals surface area contributed by atoms with Gasteiger partial charge in [-0.2, -0.15) is 0 Å². The van der Waals surface area contributed by atoms with Gasteiger partial charge >= 0.3 is 0 Å². The second kappa shape index (κ2) is 7.98. The van der Waals surface area contributed by atoms with E-state index in [2.05, 4.69) is 15.2 Å². The van der Waals surface area contributed by atoms with Crippen LogP contribution in [0.2, 0.25) is 0 Å². The van der Waals surface area contributed by atoms with E-state index in [-0.39, 0.29) is 11.9 Å². The van der Waals surface area contributed by atoms with Crippen molar-refractivity contribution in [2.45, 2.75) is 45.2 Å². The fraction of sp³-hybridized carbons (Fsp3) is 0.625. The summed E-state index contributed by atoms with van der Waals surface area (Å²) < 4.78 is 5.09. The molecule has 1 aliphatic heterocycles. The topological polar surface area (TPSA) is 54.5 Å². The smallest absolute Gasteiger partial charge is 0.237 e. The van der Waals surface area contributed by atoms with Crippen molar-refractivity contribution in [1.29, 1.82) is 0 Å². The maximum absolute atomic E-state index is 12.3. The summed E-state index contributed by atoms with van der Waals surface area (Å²) in [5.41, 5.74) is 0.811. The monoisotopic (exact) mass is 291 g/mol. The molecule has 1 fully saturated rings. The molecule has 1 saturated heterocycles. The highest BCUT2D eigenvalue weighted by atomic mass is 16.5. The Morgan fingerprint density at radius 1 is 1.33 bits per heavy atom. The summed E-state index contributed by atoms with van der Waals surface area (Å²) in [5.74, 6) is 0.642. The van der Waals surface area contributed by atoms with Crippen molar-refractivity contribution in [2.75, 3.05) is 20.2 Å². The van der Waals surface area contributed by atoms with Gasteiger partial charge in [0.05, 0.1) is 25.4 Å². The highest BCUT2D eigenvalue weighted by Gasteiger charge is 2.21. The first-order valence-corrected chi connectivity index (χ1v) is 7.72. The Morgan fingerprint density at radius 3 is 2.71 bits per heavy atom. The summed E-state index contributed by atoms with van der Waals surface area (Å²) in [4.78, 5) is 18.8. The van der Waals surface area contributed by atoms with E-state index in [0.29, 0.717) is 12.4 Å². The number of nitrogens with one attached hydrogen (secondary N) is 1. The molecule has 1 atom stereocenters. The Kier molecular flexibility index (Phi) is 5.99. The van der Waals surface area contributed by atoms with Crippen molar-refractivity contribution < 1.29 is 9.53 Å². The third kappa shape index (κ3) is 4.70. The molecule has 0 spiro atoms. The van der Waals surface area contributed by atoms with Gasteiger partial charge in [0.2, 0.25) is 11.8 Å². The van der Waals surface area contributed by atoms with Gasteiger partial charge in [-0.1, -0.05) is 18.9 Å². The van der Waals surface area contributed by atoms with Crippen LogP contribution in [0.15, 0.2) is 18.2 Å². The first kappa shape index (κ1) is 15.8. The molecule has 5 nitrogen and oxygen atoms in total. The number of hydrogen-bond donors (Lipinski definition) is 1. The lowest BCUT2D eigenvalue weighted by molar-refractivity contribution is -0.126. The van der Waals surface area contributed by atoms with E-state index in [9.17, 15) is 4.79 Å². The molecule has 1 aromatic rings. The summed E-state index contributed by atoms with van der Waals surface area (Å²) in [6, 6.07) is 5.49. The van der Waals surface area contributed by atoms with Crippen LogP contribution in [0.25, 0.3) is 0 Å². The quantitative estimate of drug-likeness (QED) is 0.901. The first-order chi connectivity index (χ1) is 10.2. The summed E-state index contributed by atoms with van der Waals surface area (Å²) in [5, 5.41) is 2.97. The Morgan fingerprint density at radius 2 is 2.05 bits per heavy atom. The second-order valence-corrected chi connectivity index (χ2v) is 5.52. The number of methoxy groups -OCH3 is 1. The van der Waals surface area contributed by atoms with Gasteiger partial charge in [-0.05, 0) is 38.9 Å². The van der Waals surface area contributed by atoms with Gasteiger partial charge in [-0.25, -0.2) is 4.98 Å². The van der Waals surface area contributed by atoms with E-state index in [1.807, 2.05) is 19.1 Å². The van der Waals surface area contributed by atoms with Crippen molar-refractivity contribution in [1.82, 2.24) is 15.2 Å². The average molecular weight is 291 g/mol. The van der Waals surface area contributed by atoms with Crippen LogP contribution in [0.5, 0.6) is 5.88 Å². The minimum Gasteiger partial charge on any atom is -0.481 e. The third-order valence-electron chi connectivity index (χ3n) is 4.00.